The largest absolute Gasteiger partial charge is 0.368 e. The number of nitrogens with one attached hydrogen (secondary N) is 1. The quantitative estimate of drug-likeness (QED) is 0.891. The van der Waals surface area contributed by atoms with E-state index >= 15 is 0 Å². The second-order valence-electron chi connectivity index (χ2n) is 5.59. The number of halogens is 2. The molecular weight excluding hydrogens is 295 g/mol. The van der Waals surface area contributed by atoms with Crippen molar-refractivity contribution >= 4 is 29.1 Å². The molecule has 0 aliphatic heterocycles. The maximum atomic E-state index is 12.0. The van der Waals surface area contributed by atoms with E-state index < -0.39 is 11.4 Å². The lowest BCUT2D eigenvalue weighted by atomic mass is 9.87. The summed E-state index contributed by atoms with van der Waals surface area (Å²) in [6, 6.07) is 5.44. The Hall–Kier alpha value is -0.770. The second-order valence-corrected chi connectivity index (χ2v) is 6.44. The summed E-state index contributed by atoms with van der Waals surface area (Å²) in [5, 5.41) is 4.41. The average molecular weight is 315 g/mol. The highest BCUT2D eigenvalue weighted by molar-refractivity contribution is 6.35. The van der Waals surface area contributed by atoms with Crippen molar-refractivity contribution in [3.63, 3.8) is 0 Å². The Morgan fingerprint density at radius 3 is 2.50 bits per heavy atom. The van der Waals surface area contributed by atoms with Gasteiger partial charge < -0.3 is 5.73 Å². The zero-order valence-electron chi connectivity index (χ0n) is 11.6. The van der Waals surface area contributed by atoms with E-state index in [1.807, 2.05) is 0 Å². The number of carbonyl (C=O) groups excluding carboxylic acids is 1. The van der Waals surface area contributed by atoms with E-state index in [1.165, 1.54) is 19.3 Å². The van der Waals surface area contributed by atoms with Gasteiger partial charge in [0.25, 0.3) is 0 Å². The van der Waals surface area contributed by atoms with E-state index in [1.54, 1.807) is 25.1 Å². The van der Waals surface area contributed by atoms with E-state index in [-0.39, 0.29) is 0 Å². The lowest BCUT2D eigenvalue weighted by molar-refractivity contribution is -0.124. The van der Waals surface area contributed by atoms with Gasteiger partial charge in [-0.05, 0) is 31.9 Å². The summed E-state index contributed by atoms with van der Waals surface area (Å²) < 4.78 is 0. The summed E-state index contributed by atoms with van der Waals surface area (Å²) in [4.78, 5) is 12.0. The number of hydrogen-bond acceptors (Lipinski definition) is 2. The third-order valence-corrected chi connectivity index (χ3v) is 4.61. The molecule has 1 saturated carbocycles. The molecular formula is C15H20Cl2N2O. The molecule has 0 bridgehead atoms. The Kier molecular flexibility index (Phi) is 4.95. The molecule has 0 heterocycles. The first-order valence-electron chi connectivity index (χ1n) is 6.96. The van der Waals surface area contributed by atoms with Crippen LogP contribution in [0.4, 0.5) is 0 Å². The molecule has 1 aromatic rings. The van der Waals surface area contributed by atoms with Crippen LogP contribution in [-0.4, -0.2) is 11.9 Å². The zero-order chi connectivity index (χ0) is 14.8. The number of hydrogen-bond donors (Lipinski definition) is 2. The van der Waals surface area contributed by atoms with E-state index in [9.17, 15) is 4.79 Å². The summed E-state index contributed by atoms with van der Waals surface area (Å²) >= 11 is 12.2. The Bertz CT molecular complexity index is 501. The molecule has 1 atom stereocenters. The van der Waals surface area contributed by atoms with Crippen LogP contribution >= 0.6 is 23.2 Å². The highest BCUT2D eigenvalue weighted by Crippen LogP contribution is 2.32. The minimum Gasteiger partial charge on any atom is -0.368 e. The fourth-order valence-electron chi connectivity index (χ4n) is 2.83. The van der Waals surface area contributed by atoms with Crippen LogP contribution in [0, 0.1) is 0 Å². The van der Waals surface area contributed by atoms with Gasteiger partial charge in [0.2, 0.25) is 5.91 Å². The lowest BCUT2D eigenvalue weighted by Gasteiger charge is -2.35. The molecule has 1 aliphatic carbocycles. The zero-order valence-corrected chi connectivity index (χ0v) is 13.1. The predicted octanol–water partition coefficient (Wildman–Crippen LogP) is 3.62. The first-order valence-corrected chi connectivity index (χ1v) is 7.72. The molecule has 1 fully saturated rings. The highest BCUT2D eigenvalue weighted by atomic mass is 35.5. The lowest BCUT2D eigenvalue weighted by Crippen LogP contribution is -2.54. The summed E-state index contributed by atoms with van der Waals surface area (Å²) in [5.74, 6) is -0.424. The van der Waals surface area contributed by atoms with Crippen molar-refractivity contribution < 1.29 is 4.79 Å². The van der Waals surface area contributed by atoms with Crippen LogP contribution in [0.1, 0.15) is 44.6 Å². The molecule has 0 radical (unpaired) electrons. The van der Waals surface area contributed by atoms with E-state index in [4.69, 9.17) is 28.9 Å². The van der Waals surface area contributed by atoms with Gasteiger partial charge >= 0.3 is 0 Å². The van der Waals surface area contributed by atoms with Crippen molar-refractivity contribution in [2.24, 2.45) is 5.73 Å². The highest BCUT2D eigenvalue weighted by Gasteiger charge is 2.37. The maximum absolute atomic E-state index is 12.0. The summed E-state index contributed by atoms with van der Waals surface area (Å²) in [5.41, 5.74) is 5.35. The van der Waals surface area contributed by atoms with Crippen LogP contribution in [-0.2, 0) is 10.3 Å². The SMILES string of the molecule is CC(NC1CCCCC1)(C(N)=O)c1ccc(Cl)cc1Cl. The van der Waals surface area contributed by atoms with Crippen LogP contribution in [0.15, 0.2) is 18.2 Å². The first-order chi connectivity index (χ1) is 9.43. The Morgan fingerprint density at radius 2 is 1.95 bits per heavy atom. The molecule has 1 unspecified atom stereocenters. The van der Waals surface area contributed by atoms with Gasteiger partial charge in [-0.3, -0.25) is 10.1 Å². The fraction of sp³-hybridized carbons (Fsp3) is 0.533. The maximum Gasteiger partial charge on any atom is 0.242 e. The topological polar surface area (TPSA) is 55.1 Å². The number of amides is 1. The molecule has 110 valence electrons. The molecule has 3 nitrogen and oxygen atoms in total. The van der Waals surface area contributed by atoms with Crippen LogP contribution in [0.5, 0.6) is 0 Å². The number of primary amides is 1. The average Bonchev–Trinajstić information content (AvgIpc) is 2.39. The minimum absolute atomic E-state index is 0.299. The van der Waals surface area contributed by atoms with Crippen molar-refractivity contribution in [1.82, 2.24) is 5.32 Å². The van der Waals surface area contributed by atoms with E-state index in [0.29, 0.717) is 21.7 Å². The van der Waals surface area contributed by atoms with Gasteiger partial charge in [0.05, 0.1) is 0 Å². The summed E-state index contributed by atoms with van der Waals surface area (Å²) in [7, 11) is 0. The third kappa shape index (κ3) is 3.27. The van der Waals surface area contributed by atoms with Crippen molar-refractivity contribution in [2.75, 3.05) is 0 Å². The fourth-order valence-corrected chi connectivity index (χ4v) is 3.43. The first kappa shape index (κ1) is 15.6. The second kappa shape index (κ2) is 6.33. The van der Waals surface area contributed by atoms with Crippen LogP contribution < -0.4 is 11.1 Å². The smallest absolute Gasteiger partial charge is 0.242 e. The van der Waals surface area contributed by atoms with Gasteiger partial charge in [0.15, 0.2) is 0 Å². The van der Waals surface area contributed by atoms with Gasteiger partial charge in [-0.15, -0.1) is 0 Å². The molecule has 3 N–H and O–H groups in total. The Balaban J connectivity index is 2.30. The minimum atomic E-state index is -0.969. The van der Waals surface area contributed by atoms with Crippen LogP contribution in [0.25, 0.3) is 0 Å². The molecule has 1 aliphatic rings. The molecule has 5 heteroatoms. The van der Waals surface area contributed by atoms with Gasteiger partial charge in [-0.1, -0.05) is 48.5 Å². The Morgan fingerprint density at radius 1 is 1.30 bits per heavy atom. The van der Waals surface area contributed by atoms with E-state index in [0.717, 1.165) is 12.8 Å². The van der Waals surface area contributed by atoms with Crippen molar-refractivity contribution in [3.05, 3.63) is 33.8 Å². The van der Waals surface area contributed by atoms with Crippen LogP contribution in [0.2, 0.25) is 10.0 Å². The molecule has 2 rings (SSSR count). The molecule has 0 aromatic heterocycles. The summed E-state index contributed by atoms with van der Waals surface area (Å²) in [6.07, 6.45) is 5.75. The Labute approximate surface area is 129 Å². The van der Waals surface area contributed by atoms with Gasteiger partial charge in [0, 0.05) is 21.7 Å². The molecule has 1 amide bonds. The standard InChI is InChI=1S/C15H20Cl2N2O/c1-15(14(18)20,19-11-5-3-2-4-6-11)12-8-7-10(16)9-13(12)17/h7-9,11,19H,2-6H2,1H3,(H2,18,20). The number of carbonyl (C=O) groups is 1. The van der Waals surface area contributed by atoms with Gasteiger partial charge in [0.1, 0.15) is 5.54 Å². The van der Waals surface area contributed by atoms with Gasteiger partial charge in [-0.25, -0.2) is 0 Å². The van der Waals surface area contributed by atoms with E-state index in [2.05, 4.69) is 5.32 Å². The molecule has 20 heavy (non-hydrogen) atoms. The number of benzene rings is 1. The third-order valence-electron chi connectivity index (χ3n) is 4.06. The van der Waals surface area contributed by atoms with Crippen molar-refractivity contribution in [3.8, 4) is 0 Å². The van der Waals surface area contributed by atoms with Gasteiger partial charge in [-0.2, -0.15) is 0 Å². The van der Waals surface area contributed by atoms with Crippen molar-refractivity contribution in [2.45, 2.75) is 50.6 Å². The van der Waals surface area contributed by atoms with Crippen molar-refractivity contribution in [1.29, 1.82) is 0 Å². The molecule has 1 aromatic carbocycles. The monoisotopic (exact) mass is 314 g/mol. The number of nitrogens with two attached hydrogens (primary N) is 1. The molecule has 0 saturated heterocycles. The number of rotatable bonds is 4. The normalized spacial score (nSPS) is 19.6. The van der Waals surface area contributed by atoms with Crippen LogP contribution in [0.3, 0.4) is 0 Å². The summed E-state index contributed by atoms with van der Waals surface area (Å²) in [6.45, 7) is 1.79. The molecule has 0 spiro atoms. The predicted molar refractivity (Wildman–Crippen MR) is 83.0 cm³/mol.